The second kappa shape index (κ2) is 4.87. The summed E-state index contributed by atoms with van der Waals surface area (Å²) in [4.78, 5) is 10.1. The summed E-state index contributed by atoms with van der Waals surface area (Å²) in [5.74, 6) is -6.35. The zero-order valence-electron chi connectivity index (χ0n) is 6.61. The molecule has 0 saturated heterocycles. The summed E-state index contributed by atoms with van der Waals surface area (Å²) in [6.07, 6.45) is -5.22. The lowest BCUT2D eigenvalue weighted by atomic mass is 10.3. The highest BCUT2D eigenvalue weighted by molar-refractivity contribution is 5.81. The van der Waals surface area contributed by atoms with E-state index in [-0.39, 0.29) is 4.70 Å². The standard InChI is InChI=1S/C6H5F5O2.FH/c1-2-4(12)13-3-5(7,8)6(9,10)11;/h2H,1,3H2;1H. The number of carbonyl (C=O) groups is 1. The molecule has 0 rings (SSSR count). The normalized spacial score (nSPS) is 11.5. The number of hydrogen-bond acceptors (Lipinski definition) is 2. The zero-order chi connectivity index (χ0) is 10.7. The highest BCUT2D eigenvalue weighted by Gasteiger charge is 2.58. The molecule has 14 heavy (non-hydrogen) atoms. The Kier molecular flexibility index (Phi) is 5.31. The Balaban J connectivity index is 0. The van der Waals surface area contributed by atoms with Gasteiger partial charge in [0, 0.05) is 6.08 Å². The van der Waals surface area contributed by atoms with Gasteiger partial charge in [0.15, 0.2) is 6.61 Å². The number of halogens is 6. The van der Waals surface area contributed by atoms with Gasteiger partial charge < -0.3 is 4.74 Å². The average Bonchev–Trinajstić information content (AvgIpc) is 1.98. The van der Waals surface area contributed by atoms with E-state index in [2.05, 4.69) is 11.3 Å². The van der Waals surface area contributed by atoms with E-state index in [4.69, 9.17) is 0 Å². The molecule has 84 valence electrons. The summed E-state index contributed by atoms with van der Waals surface area (Å²) in [5, 5.41) is 0. The second-order valence-corrected chi connectivity index (χ2v) is 2.01. The van der Waals surface area contributed by atoms with Gasteiger partial charge in [-0.1, -0.05) is 6.58 Å². The fourth-order valence-electron chi connectivity index (χ4n) is 0.303. The monoisotopic (exact) mass is 224 g/mol. The molecule has 0 aromatic heterocycles. The molecule has 0 heterocycles. The lowest BCUT2D eigenvalue weighted by Gasteiger charge is -2.18. The second-order valence-electron chi connectivity index (χ2n) is 2.01. The highest BCUT2D eigenvalue weighted by atomic mass is 19.4. The summed E-state index contributed by atoms with van der Waals surface area (Å²) < 4.78 is 61.8. The van der Waals surface area contributed by atoms with Gasteiger partial charge in [-0.15, -0.1) is 0 Å². The number of rotatable bonds is 3. The molecule has 0 amide bonds. The van der Waals surface area contributed by atoms with Crippen LogP contribution in [0.3, 0.4) is 0 Å². The number of esters is 1. The molecule has 0 aliphatic heterocycles. The van der Waals surface area contributed by atoms with E-state index in [9.17, 15) is 26.7 Å². The van der Waals surface area contributed by atoms with Gasteiger partial charge in [-0.2, -0.15) is 22.0 Å². The molecular formula is C6H6F6O2. The fourth-order valence-corrected chi connectivity index (χ4v) is 0.303. The minimum absolute atomic E-state index is 0. The maximum Gasteiger partial charge on any atom is 0.456 e. The van der Waals surface area contributed by atoms with Crippen LogP contribution in [0, 0.1) is 0 Å². The van der Waals surface area contributed by atoms with Crippen LogP contribution in [-0.2, 0) is 9.53 Å². The van der Waals surface area contributed by atoms with Gasteiger partial charge in [-0.3, -0.25) is 4.70 Å². The number of alkyl halides is 5. The van der Waals surface area contributed by atoms with Crippen molar-refractivity contribution in [1.82, 2.24) is 0 Å². The van der Waals surface area contributed by atoms with Crippen LogP contribution in [0.2, 0.25) is 0 Å². The Bertz CT molecular complexity index is 209. The lowest BCUT2D eigenvalue weighted by Crippen LogP contribution is -2.41. The van der Waals surface area contributed by atoms with Crippen LogP contribution in [0.15, 0.2) is 12.7 Å². The van der Waals surface area contributed by atoms with Crippen molar-refractivity contribution in [3.05, 3.63) is 12.7 Å². The van der Waals surface area contributed by atoms with E-state index in [1.807, 2.05) is 0 Å². The molecule has 0 saturated carbocycles. The zero-order valence-corrected chi connectivity index (χ0v) is 6.61. The molecule has 0 N–H and O–H groups in total. The van der Waals surface area contributed by atoms with Gasteiger partial charge >= 0.3 is 18.1 Å². The fraction of sp³-hybridized carbons (Fsp3) is 0.500. The Hall–Kier alpha value is -1.21. The van der Waals surface area contributed by atoms with Gasteiger partial charge in [0.1, 0.15) is 0 Å². The van der Waals surface area contributed by atoms with E-state index >= 15 is 0 Å². The molecule has 0 spiro atoms. The van der Waals surface area contributed by atoms with Crippen LogP contribution in [0.4, 0.5) is 26.7 Å². The first-order chi connectivity index (χ1) is 5.70. The number of carbonyl (C=O) groups excluding carboxylic acids is 1. The molecule has 0 unspecified atom stereocenters. The van der Waals surface area contributed by atoms with E-state index in [1.165, 1.54) is 0 Å². The summed E-state index contributed by atoms with van der Waals surface area (Å²) in [5.41, 5.74) is 0. The van der Waals surface area contributed by atoms with Crippen molar-refractivity contribution in [2.75, 3.05) is 6.61 Å². The van der Waals surface area contributed by atoms with Crippen molar-refractivity contribution in [2.24, 2.45) is 0 Å². The minimum atomic E-state index is -5.71. The maximum atomic E-state index is 12.0. The first-order valence-corrected chi connectivity index (χ1v) is 2.94. The van der Waals surface area contributed by atoms with Crippen LogP contribution in [0.5, 0.6) is 0 Å². The number of hydrogen-bond donors (Lipinski definition) is 0. The van der Waals surface area contributed by atoms with Crippen molar-refractivity contribution in [3.8, 4) is 0 Å². The van der Waals surface area contributed by atoms with Gasteiger partial charge in [0.05, 0.1) is 0 Å². The van der Waals surface area contributed by atoms with Crippen molar-refractivity contribution in [2.45, 2.75) is 12.1 Å². The SMILES string of the molecule is C=CC(=O)OCC(F)(F)C(F)(F)F.F. The molecule has 0 radical (unpaired) electrons. The summed E-state index contributed by atoms with van der Waals surface area (Å²) in [6, 6.07) is 0. The van der Waals surface area contributed by atoms with Crippen LogP contribution in [0.25, 0.3) is 0 Å². The molecule has 0 aromatic rings. The first kappa shape index (κ1) is 15.3. The molecular weight excluding hydrogens is 218 g/mol. The third-order valence-electron chi connectivity index (χ3n) is 0.977. The van der Waals surface area contributed by atoms with Gasteiger partial charge in [-0.25, -0.2) is 4.79 Å². The third kappa shape index (κ3) is 4.15. The molecule has 0 aromatic carbocycles. The average molecular weight is 224 g/mol. The molecule has 0 fully saturated rings. The maximum absolute atomic E-state index is 12.0. The van der Waals surface area contributed by atoms with Crippen molar-refractivity contribution >= 4 is 5.97 Å². The molecule has 2 nitrogen and oxygen atoms in total. The summed E-state index contributed by atoms with van der Waals surface area (Å²) in [7, 11) is 0. The quantitative estimate of drug-likeness (QED) is 0.416. The highest BCUT2D eigenvalue weighted by Crippen LogP contribution is 2.35. The van der Waals surface area contributed by atoms with Crippen LogP contribution in [-0.4, -0.2) is 24.7 Å². The van der Waals surface area contributed by atoms with Crippen LogP contribution < -0.4 is 0 Å². The topological polar surface area (TPSA) is 26.3 Å². The smallest absolute Gasteiger partial charge is 0.456 e. The molecule has 0 atom stereocenters. The predicted octanol–water partition coefficient (Wildman–Crippen LogP) is 2.07. The van der Waals surface area contributed by atoms with Crippen LogP contribution in [0.1, 0.15) is 0 Å². The van der Waals surface area contributed by atoms with E-state index < -0.39 is 24.7 Å². The van der Waals surface area contributed by atoms with E-state index in [0.717, 1.165) is 0 Å². The lowest BCUT2D eigenvalue weighted by molar-refractivity contribution is -0.293. The van der Waals surface area contributed by atoms with E-state index in [1.54, 1.807) is 0 Å². The van der Waals surface area contributed by atoms with Gasteiger partial charge in [-0.05, 0) is 0 Å². The molecule has 8 heteroatoms. The Morgan fingerprint density at radius 1 is 1.29 bits per heavy atom. The largest absolute Gasteiger partial charge is 0.456 e. The van der Waals surface area contributed by atoms with Crippen molar-refractivity contribution < 1.29 is 36.2 Å². The Morgan fingerprint density at radius 3 is 2.00 bits per heavy atom. The molecule has 0 aliphatic carbocycles. The first-order valence-electron chi connectivity index (χ1n) is 2.94. The van der Waals surface area contributed by atoms with Crippen LogP contribution >= 0.6 is 0 Å². The predicted molar refractivity (Wildman–Crippen MR) is 34.7 cm³/mol. The minimum Gasteiger partial charge on any atom is -0.456 e. The molecule has 0 aliphatic rings. The van der Waals surface area contributed by atoms with Gasteiger partial charge in [0.25, 0.3) is 0 Å². The van der Waals surface area contributed by atoms with Crippen molar-refractivity contribution in [3.63, 3.8) is 0 Å². The van der Waals surface area contributed by atoms with Gasteiger partial charge in [0.2, 0.25) is 0 Å². The summed E-state index contributed by atoms with van der Waals surface area (Å²) >= 11 is 0. The Labute approximate surface area is 74.7 Å². The summed E-state index contributed by atoms with van der Waals surface area (Å²) in [6.45, 7) is 0.796. The Morgan fingerprint density at radius 2 is 1.71 bits per heavy atom. The van der Waals surface area contributed by atoms with E-state index in [0.29, 0.717) is 6.08 Å². The number of ether oxygens (including phenoxy) is 1. The third-order valence-corrected chi connectivity index (χ3v) is 0.977. The molecule has 0 bridgehead atoms. The van der Waals surface area contributed by atoms with Crippen molar-refractivity contribution in [1.29, 1.82) is 0 Å².